The Labute approximate surface area is 71.2 Å². The van der Waals surface area contributed by atoms with E-state index < -0.39 is 15.9 Å². The van der Waals surface area contributed by atoms with Crippen molar-refractivity contribution >= 4 is 34.8 Å². The highest BCUT2D eigenvalue weighted by Gasteiger charge is 2.48. The van der Waals surface area contributed by atoms with E-state index in [0.717, 1.165) is 6.92 Å². The Balaban J connectivity index is 4.23. The molecule has 0 aliphatic heterocycles. The van der Waals surface area contributed by atoms with Crippen LogP contribution >= 0.6 is 34.8 Å². The molecule has 1 atom stereocenters. The van der Waals surface area contributed by atoms with Crippen LogP contribution in [0.3, 0.4) is 0 Å². The zero-order valence-electron chi connectivity index (χ0n) is 4.85. The Bertz CT molecular complexity index is 99.9. The molecule has 0 saturated carbocycles. The molecule has 0 saturated heterocycles. The second-order valence-electron chi connectivity index (χ2n) is 1.86. The van der Waals surface area contributed by atoms with Gasteiger partial charge >= 0.3 is 6.18 Å². The van der Waals surface area contributed by atoms with E-state index in [9.17, 15) is 13.2 Å². The lowest BCUT2D eigenvalue weighted by Crippen LogP contribution is -2.36. The monoisotopic (exact) mass is 214 g/mol. The molecule has 10 heavy (non-hydrogen) atoms. The van der Waals surface area contributed by atoms with Crippen molar-refractivity contribution in [3.63, 3.8) is 0 Å². The van der Waals surface area contributed by atoms with Crippen LogP contribution in [0.1, 0.15) is 6.92 Å². The molecule has 0 nitrogen and oxygen atoms in total. The average molecular weight is 215 g/mol. The lowest BCUT2D eigenvalue weighted by atomic mass is 10.3. The molecule has 0 amide bonds. The summed E-state index contributed by atoms with van der Waals surface area (Å²) in [6.07, 6.45) is -4.56. The smallest absolute Gasteiger partial charge is 0.169 e. The minimum atomic E-state index is -4.56. The van der Waals surface area contributed by atoms with E-state index in [0.29, 0.717) is 0 Å². The molecule has 62 valence electrons. The maximum atomic E-state index is 11.6. The maximum Gasteiger partial charge on any atom is 0.407 e. The Morgan fingerprint density at radius 3 is 1.50 bits per heavy atom. The summed E-state index contributed by atoms with van der Waals surface area (Å²) in [6, 6.07) is 0. The molecule has 0 bridgehead atoms. The van der Waals surface area contributed by atoms with Gasteiger partial charge in [-0.3, -0.25) is 0 Å². The molecule has 0 aromatic heterocycles. The van der Waals surface area contributed by atoms with Gasteiger partial charge in [0.25, 0.3) is 0 Å². The van der Waals surface area contributed by atoms with E-state index >= 15 is 0 Å². The Morgan fingerprint density at radius 1 is 1.20 bits per heavy atom. The third kappa shape index (κ3) is 3.17. The van der Waals surface area contributed by atoms with Gasteiger partial charge in [-0.15, -0.1) is 11.6 Å². The van der Waals surface area contributed by atoms with Crippen LogP contribution in [0, 0.1) is 0 Å². The van der Waals surface area contributed by atoms with Gasteiger partial charge in [0.05, 0.1) is 0 Å². The predicted octanol–water partition coefficient (Wildman–Crippen LogP) is 3.35. The third-order valence-electron chi connectivity index (χ3n) is 0.732. The van der Waals surface area contributed by atoms with Crippen LogP contribution in [0.25, 0.3) is 0 Å². The lowest BCUT2D eigenvalue weighted by molar-refractivity contribution is -0.132. The summed E-state index contributed by atoms with van der Waals surface area (Å²) >= 11 is 15.0. The van der Waals surface area contributed by atoms with Gasteiger partial charge in [0.15, 0.2) is 5.38 Å². The number of hydrogen-bond donors (Lipinski definition) is 0. The summed E-state index contributed by atoms with van der Waals surface area (Å²) in [7, 11) is 0. The molecule has 0 aromatic rings. The number of rotatable bonds is 1. The Morgan fingerprint density at radius 2 is 1.50 bits per heavy atom. The molecule has 0 N–H and O–H groups in total. The van der Waals surface area contributed by atoms with Crippen molar-refractivity contribution in [2.45, 2.75) is 22.8 Å². The zero-order valence-corrected chi connectivity index (χ0v) is 7.11. The molecular weight excluding hydrogens is 211 g/mol. The fraction of sp³-hybridized carbons (Fsp3) is 1.00. The first-order valence-corrected chi connectivity index (χ1v) is 3.43. The van der Waals surface area contributed by atoms with Gasteiger partial charge < -0.3 is 0 Å². The molecule has 0 spiro atoms. The van der Waals surface area contributed by atoms with Crippen LogP contribution in [-0.4, -0.2) is 15.9 Å². The van der Waals surface area contributed by atoms with Crippen LogP contribution in [0.5, 0.6) is 0 Å². The average Bonchev–Trinajstić information content (AvgIpc) is 1.59. The highest BCUT2D eigenvalue weighted by molar-refractivity contribution is 6.52. The molecule has 0 radical (unpaired) electrons. The first kappa shape index (κ1) is 10.7. The third-order valence-corrected chi connectivity index (χ3v) is 2.08. The second-order valence-corrected chi connectivity index (χ2v) is 4.06. The van der Waals surface area contributed by atoms with E-state index in [1.54, 1.807) is 0 Å². The highest BCUT2D eigenvalue weighted by Crippen LogP contribution is 2.39. The van der Waals surface area contributed by atoms with Crippen molar-refractivity contribution in [3.8, 4) is 0 Å². The van der Waals surface area contributed by atoms with Crippen LogP contribution in [-0.2, 0) is 0 Å². The Hall–Kier alpha value is 0.660. The maximum absolute atomic E-state index is 11.6. The van der Waals surface area contributed by atoms with E-state index in [-0.39, 0.29) is 0 Å². The van der Waals surface area contributed by atoms with Crippen LogP contribution < -0.4 is 0 Å². The number of halogens is 6. The zero-order chi connectivity index (χ0) is 8.58. The lowest BCUT2D eigenvalue weighted by Gasteiger charge is -2.22. The quantitative estimate of drug-likeness (QED) is 0.589. The van der Waals surface area contributed by atoms with E-state index in [4.69, 9.17) is 34.8 Å². The fourth-order valence-electron chi connectivity index (χ4n) is 0.287. The van der Waals surface area contributed by atoms with Crippen LogP contribution in [0.2, 0.25) is 0 Å². The normalized spacial score (nSPS) is 17.1. The first-order valence-electron chi connectivity index (χ1n) is 2.24. The van der Waals surface area contributed by atoms with Gasteiger partial charge in [0, 0.05) is 0 Å². The number of alkyl halides is 6. The summed E-state index contributed by atoms with van der Waals surface area (Å²) in [4.78, 5) is 0. The van der Waals surface area contributed by atoms with Gasteiger partial charge in [0.2, 0.25) is 0 Å². The summed E-state index contributed by atoms with van der Waals surface area (Å²) in [5.74, 6) is 0. The standard InChI is InChI=1S/C4H4Cl3F3/c1-3(6,7)2(5)4(8,9)10/h2H,1H3. The molecular formula is C4H4Cl3F3. The minimum absolute atomic E-state index is 0.987. The van der Waals surface area contributed by atoms with Gasteiger partial charge in [-0.1, -0.05) is 23.2 Å². The van der Waals surface area contributed by atoms with E-state index in [1.807, 2.05) is 0 Å². The SMILES string of the molecule is CC(Cl)(Cl)C(Cl)C(F)(F)F. The summed E-state index contributed by atoms with van der Waals surface area (Å²) in [5.41, 5.74) is 0. The number of hydrogen-bond acceptors (Lipinski definition) is 0. The van der Waals surface area contributed by atoms with Crippen molar-refractivity contribution in [1.82, 2.24) is 0 Å². The van der Waals surface area contributed by atoms with Crippen molar-refractivity contribution in [3.05, 3.63) is 0 Å². The fourth-order valence-corrected chi connectivity index (χ4v) is 0.535. The molecule has 0 aromatic carbocycles. The van der Waals surface area contributed by atoms with Gasteiger partial charge in [-0.25, -0.2) is 0 Å². The second kappa shape index (κ2) is 2.95. The van der Waals surface area contributed by atoms with E-state index in [1.165, 1.54) is 0 Å². The van der Waals surface area contributed by atoms with Gasteiger partial charge in [-0.2, -0.15) is 13.2 Å². The van der Waals surface area contributed by atoms with Crippen molar-refractivity contribution in [2.75, 3.05) is 0 Å². The summed E-state index contributed by atoms with van der Waals surface area (Å²) in [5, 5.41) is -2.23. The highest BCUT2D eigenvalue weighted by atomic mass is 35.5. The van der Waals surface area contributed by atoms with Gasteiger partial charge in [-0.05, 0) is 6.92 Å². The van der Waals surface area contributed by atoms with Crippen molar-refractivity contribution < 1.29 is 13.2 Å². The largest absolute Gasteiger partial charge is 0.407 e. The van der Waals surface area contributed by atoms with Crippen molar-refractivity contribution in [2.24, 2.45) is 0 Å². The molecule has 0 fully saturated rings. The molecule has 1 unspecified atom stereocenters. The molecule has 6 heteroatoms. The summed E-state index contributed by atoms with van der Waals surface area (Å²) < 4.78 is 33.0. The first-order chi connectivity index (χ1) is 4.15. The van der Waals surface area contributed by atoms with Gasteiger partial charge in [0.1, 0.15) is 4.33 Å². The minimum Gasteiger partial charge on any atom is -0.169 e. The van der Waals surface area contributed by atoms with E-state index in [2.05, 4.69) is 0 Å². The Kier molecular flexibility index (Phi) is 3.15. The van der Waals surface area contributed by atoms with Crippen LogP contribution in [0.4, 0.5) is 13.2 Å². The molecule has 0 heterocycles. The van der Waals surface area contributed by atoms with Crippen LogP contribution in [0.15, 0.2) is 0 Å². The topological polar surface area (TPSA) is 0 Å². The van der Waals surface area contributed by atoms with Crippen molar-refractivity contribution in [1.29, 1.82) is 0 Å². The predicted molar refractivity (Wildman–Crippen MR) is 35.8 cm³/mol. The summed E-state index contributed by atoms with van der Waals surface area (Å²) in [6.45, 7) is 0.987. The molecule has 0 aliphatic rings. The molecule has 0 rings (SSSR count). The molecule has 0 aliphatic carbocycles.